The second-order valence-corrected chi connectivity index (χ2v) is 5.20. The van der Waals surface area contributed by atoms with Crippen LogP contribution in [0.25, 0.3) is 10.9 Å². The summed E-state index contributed by atoms with van der Waals surface area (Å²) in [5.74, 6) is 1.89. The maximum Gasteiger partial charge on any atom is 0.167 e. The number of aromatic nitrogens is 1. The number of nitrogens with zero attached hydrogens (tertiary/aromatic N) is 1. The van der Waals surface area contributed by atoms with E-state index in [0.717, 1.165) is 33.0 Å². The fourth-order valence-corrected chi connectivity index (χ4v) is 3.53. The molecule has 88 valence electrons. The molecule has 1 aliphatic rings. The molecule has 0 bridgehead atoms. The molecule has 17 heavy (non-hydrogen) atoms. The van der Waals surface area contributed by atoms with Gasteiger partial charge < -0.3 is 9.30 Å². The molecule has 4 heteroatoms. The van der Waals surface area contributed by atoms with Crippen LogP contribution in [0.1, 0.15) is 16.8 Å². The number of Topliss-reactive ketones (excluding diaryl/α,β-unsaturated/α-hetero) is 1. The van der Waals surface area contributed by atoms with Gasteiger partial charge in [-0.15, -0.1) is 11.8 Å². The van der Waals surface area contributed by atoms with Gasteiger partial charge in [-0.2, -0.15) is 0 Å². The third-order valence-electron chi connectivity index (χ3n) is 3.20. The van der Waals surface area contributed by atoms with Gasteiger partial charge in [0.25, 0.3) is 0 Å². The molecule has 0 aliphatic carbocycles. The van der Waals surface area contributed by atoms with Crippen molar-refractivity contribution in [2.24, 2.45) is 7.05 Å². The minimum Gasteiger partial charge on any atom is -0.496 e. The summed E-state index contributed by atoms with van der Waals surface area (Å²) >= 11 is 1.75. The number of rotatable bonds is 1. The molecule has 0 saturated carbocycles. The lowest BCUT2D eigenvalue weighted by molar-refractivity contribution is 0.0985. The smallest absolute Gasteiger partial charge is 0.167 e. The number of carbonyl (C=O) groups excluding carboxylic acids is 1. The van der Waals surface area contributed by atoms with Crippen LogP contribution in [-0.2, 0) is 7.05 Å². The zero-order valence-electron chi connectivity index (χ0n) is 9.82. The fraction of sp³-hybridized carbons (Fsp3) is 0.308. The van der Waals surface area contributed by atoms with Crippen molar-refractivity contribution in [3.8, 4) is 5.75 Å². The molecule has 2 aromatic rings. The first-order valence-electron chi connectivity index (χ1n) is 5.55. The van der Waals surface area contributed by atoms with Gasteiger partial charge in [-0.1, -0.05) is 6.07 Å². The van der Waals surface area contributed by atoms with E-state index in [2.05, 4.69) is 4.57 Å². The van der Waals surface area contributed by atoms with Crippen LogP contribution in [0.3, 0.4) is 0 Å². The van der Waals surface area contributed by atoms with E-state index < -0.39 is 0 Å². The molecule has 0 radical (unpaired) electrons. The van der Waals surface area contributed by atoms with Crippen LogP contribution in [0, 0.1) is 0 Å². The normalized spacial score (nSPS) is 15.1. The van der Waals surface area contributed by atoms with Crippen LogP contribution in [0.5, 0.6) is 5.75 Å². The molecule has 2 heterocycles. The number of ketones is 1. The van der Waals surface area contributed by atoms with Gasteiger partial charge in [-0.05, 0) is 12.1 Å². The Hall–Kier alpha value is -1.42. The predicted octanol–water partition coefficient (Wildman–Crippen LogP) is 2.87. The summed E-state index contributed by atoms with van der Waals surface area (Å²) in [6.07, 6.45) is 0.620. The first-order valence-corrected chi connectivity index (χ1v) is 6.54. The van der Waals surface area contributed by atoms with Gasteiger partial charge in [-0.3, -0.25) is 4.79 Å². The van der Waals surface area contributed by atoms with E-state index in [4.69, 9.17) is 4.74 Å². The van der Waals surface area contributed by atoms with E-state index in [1.165, 1.54) is 0 Å². The Bertz CT molecular complexity index is 615. The van der Waals surface area contributed by atoms with Crippen molar-refractivity contribution in [1.29, 1.82) is 0 Å². The highest BCUT2D eigenvalue weighted by Gasteiger charge is 2.26. The third-order valence-corrected chi connectivity index (χ3v) is 4.36. The molecule has 1 aromatic carbocycles. The largest absolute Gasteiger partial charge is 0.496 e. The molecule has 0 saturated heterocycles. The van der Waals surface area contributed by atoms with Crippen molar-refractivity contribution < 1.29 is 9.53 Å². The highest BCUT2D eigenvalue weighted by molar-refractivity contribution is 7.99. The van der Waals surface area contributed by atoms with E-state index in [1.807, 2.05) is 25.2 Å². The molecule has 0 atom stereocenters. The molecule has 3 rings (SSSR count). The van der Waals surface area contributed by atoms with Crippen LogP contribution in [0.4, 0.5) is 0 Å². The van der Waals surface area contributed by atoms with Gasteiger partial charge in [0.15, 0.2) is 5.78 Å². The first-order chi connectivity index (χ1) is 8.24. The summed E-state index contributed by atoms with van der Waals surface area (Å²) in [5, 5.41) is 2.03. The zero-order chi connectivity index (χ0) is 12.0. The lowest BCUT2D eigenvalue weighted by Crippen LogP contribution is -2.08. The monoisotopic (exact) mass is 247 g/mol. The molecule has 0 fully saturated rings. The van der Waals surface area contributed by atoms with Crippen LogP contribution >= 0.6 is 11.8 Å². The molecular weight excluding hydrogens is 234 g/mol. The Morgan fingerprint density at radius 1 is 1.41 bits per heavy atom. The van der Waals surface area contributed by atoms with Crippen molar-refractivity contribution in [3.63, 3.8) is 0 Å². The molecule has 0 amide bonds. The Kier molecular flexibility index (Phi) is 2.40. The van der Waals surface area contributed by atoms with Crippen LogP contribution in [0.15, 0.2) is 23.2 Å². The maximum atomic E-state index is 12.1. The lowest BCUT2D eigenvalue weighted by Gasteiger charge is -2.11. The Morgan fingerprint density at radius 3 is 3.00 bits per heavy atom. The zero-order valence-corrected chi connectivity index (χ0v) is 10.6. The van der Waals surface area contributed by atoms with Crippen LogP contribution in [-0.4, -0.2) is 23.2 Å². The van der Waals surface area contributed by atoms with E-state index in [1.54, 1.807) is 18.9 Å². The summed E-state index contributed by atoms with van der Waals surface area (Å²) in [6, 6.07) is 5.90. The minimum atomic E-state index is 0.230. The number of carbonyl (C=O) groups is 1. The van der Waals surface area contributed by atoms with Gasteiger partial charge >= 0.3 is 0 Å². The molecule has 1 aromatic heterocycles. The van der Waals surface area contributed by atoms with Crippen molar-refractivity contribution in [1.82, 2.24) is 4.57 Å². The van der Waals surface area contributed by atoms with Crippen LogP contribution in [0.2, 0.25) is 0 Å². The first kappa shape index (κ1) is 10.7. The SMILES string of the molecule is COc1cccc2c1c1c(n2C)SCCC1=O. The number of thioether (sulfide) groups is 1. The van der Waals surface area contributed by atoms with Gasteiger partial charge in [0.1, 0.15) is 5.75 Å². The summed E-state index contributed by atoms with van der Waals surface area (Å²) in [7, 11) is 3.65. The Labute approximate surface area is 104 Å². The van der Waals surface area contributed by atoms with Gasteiger partial charge in [-0.25, -0.2) is 0 Å². The number of methoxy groups -OCH3 is 1. The van der Waals surface area contributed by atoms with E-state index in [9.17, 15) is 4.79 Å². The standard InChI is InChI=1S/C13H13NO2S/c1-14-8-4-3-5-10(16-2)11(8)12-9(15)6-7-17-13(12)14/h3-5H,6-7H2,1-2H3. The molecular formula is C13H13NO2S. The lowest BCUT2D eigenvalue weighted by atomic mass is 10.1. The van der Waals surface area contributed by atoms with E-state index in [-0.39, 0.29) is 5.78 Å². The van der Waals surface area contributed by atoms with E-state index in [0.29, 0.717) is 6.42 Å². The summed E-state index contributed by atoms with van der Waals surface area (Å²) in [6.45, 7) is 0. The maximum absolute atomic E-state index is 12.1. The van der Waals surface area contributed by atoms with E-state index >= 15 is 0 Å². The number of aryl methyl sites for hydroxylation is 1. The molecule has 0 unspecified atom stereocenters. The van der Waals surface area contributed by atoms with Crippen LogP contribution < -0.4 is 4.74 Å². The number of hydrogen-bond donors (Lipinski definition) is 0. The van der Waals surface area contributed by atoms with Crippen molar-refractivity contribution in [2.45, 2.75) is 11.4 Å². The second kappa shape index (κ2) is 3.81. The Balaban J connectivity index is 2.46. The van der Waals surface area contributed by atoms with Crippen molar-refractivity contribution in [2.75, 3.05) is 12.9 Å². The van der Waals surface area contributed by atoms with Crippen molar-refractivity contribution >= 4 is 28.4 Å². The second-order valence-electron chi connectivity index (χ2n) is 4.12. The van der Waals surface area contributed by atoms with Gasteiger partial charge in [0.05, 0.1) is 28.6 Å². The molecule has 3 nitrogen and oxygen atoms in total. The summed E-state index contributed by atoms with van der Waals surface area (Å²) in [5.41, 5.74) is 1.91. The molecule has 0 spiro atoms. The number of hydrogen-bond acceptors (Lipinski definition) is 3. The third kappa shape index (κ3) is 1.40. The quantitative estimate of drug-likeness (QED) is 0.776. The fourth-order valence-electron chi connectivity index (χ4n) is 2.40. The molecule has 1 aliphatic heterocycles. The summed E-state index contributed by atoms with van der Waals surface area (Å²) in [4.78, 5) is 12.1. The number of fused-ring (bicyclic) bond motifs is 3. The summed E-state index contributed by atoms with van der Waals surface area (Å²) < 4.78 is 7.47. The van der Waals surface area contributed by atoms with Gasteiger partial charge in [0, 0.05) is 19.2 Å². The average Bonchev–Trinajstić information content (AvgIpc) is 2.65. The van der Waals surface area contributed by atoms with Crippen molar-refractivity contribution in [3.05, 3.63) is 23.8 Å². The molecule has 0 N–H and O–H groups in total. The predicted molar refractivity (Wildman–Crippen MR) is 69.1 cm³/mol. The average molecular weight is 247 g/mol. The number of ether oxygens (including phenoxy) is 1. The highest BCUT2D eigenvalue weighted by atomic mass is 32.2. The Morgan fingerprint density at radius 2 is 2.24 bits per heavy atom. The topological polar surface area (TPSA) is 31.2 Å². The minimum absolute atomic E-state index is 0.230. The van der Waals surface area contributed by atoms with Gasteiger partial charge in [0.2, 0.25) is 0 Å². The number of benzene rings is 1. The highest BCUT2D eigenvalue weighted by Crippen LogP contribution is 2.40.